The molecule has 0 bridgehead atoms. The van der Waals surface area contributed by atoms with Crippen LogP contribution in [-0.4, -0.2) is 47.9 Å². The third-order valence-corrected chi connectivity index (χ3v) is 4.83. The zero-order valence-corrected chi connectivity index (χ0v) is 10.6. The highest BCUT2D eigenvalue weighted by Crippen LogP contribution is 2.34. The van der Waals surface area contributed by atoms with Crippen molar-refractivity contribution in [2.75, 3.05) is 25.4 Å². The molecule has 1 N–H and O–H groups in total. The van der Waals surface area contributed by atoms with Crippen LogP contribution in [0.4, 0.5) is 13.2 Å². The van der Waals surface area contributed by atoms with Gasteiger partial charge in [0.15, 0.2) is 0 Å². The van der Waals surface area contributed by atoms with E-state index in [1.165, 1.54) is 0 Å². The Morgan fingerprint density at radius 1 is 1.18 bits per heavy atom. The number of rotatable bonds is 1. The molecule has 2 aliphatic heterocycles. The second kappa shape index (κ2) is 5.80. The van der Waals surface area contributed by atoms with Gasteiger partial charge in [0.05, 0.1) is 5.37 Å². The normalized spacial score (nSPS) is 33.4. The van der Waals surface area contributed by atoms with Crippen LogP contribution in [0.3, 0.4) is 0 Å². The molecule has 0 aliphatic carbocycles. The van der Waals surface area contributed by atoms with Crippen LogP contribution in [0.2, 0.25) is 0 Å². The summed E-state index contributed by atoms with van der Waals surface area (Å²) in [7, 11) is 0. The molecule has 17 heavy (non-hydrogen) atoms. The van der Waals surface area contributed by atoms with Gasteiger partial charge in [0, 0.05) is 13.1 Å². The van der Waals surface area contributed by atoms with Gasteiger partial charge in [0.2, 0.25) is 0 Å². The van der Waals surface area contributed by atoms with Crippen LogP contribution in [0.1, 0.15) is 25.7 Å². The van der Waals surface area contributed by atoms with Gasteiger partial charge >= 0.3 is 6.18 Å². The molecule has 2 unspecified atom stereocenters. The molecule has 0 amide bonds. The summed E-state index contributed by atoms with van der Waals surface area (Å²) in [6.45, 7) is 1.30. The topological polar surface area (TPSA) is 15.3 Å². The fraction of sp³-hybridized carbons (Fsp3) is 1.00. The summed E-state index contributed by atoms with van der Waals surface area (Å²) in [6, 6.07) is -1.31. The van der Waals surface area contributed by atoms with Gasteiger partial charge in [-0.25, -0.2) is 0 Å². The van der Waals surface area contributed by atoms with Gasteiger partial charge in [0.1, 0.15) is 6.04 Å². The van der Waals surface area contributed by atoms with Gasteiger partial charge in [0.25, 0.3) is 0 Å². The average molecular weight is 268 g/mol. The molecular formula is C11H19F3N2S. The van der Waals surface area contributed by atoms with E-state index >= 15 is 0 Å². The molecule has 0 aromatic carbocycles. The van der Waals surface area contributed by atoms with E-state index in [0.29, 0.717) is 13.1 Å². The summed E-state index contributed by atoms with van der Waals surface area (Å²) in [5.74, 6) is 0.999. The number of alkyl halides is 3. The molecule has 0 saturated carbocycles. The molecule has 100 valence electrons. The van der Waals surface area contributed by atoms with Gasteiger partial charge in [-0.15, -0.1) is 11.8 Å². The SMILES string of the molecule is FC(F)(F)C1CNCCCN1C1CCCCS1. The minimum atomic E-state index is -4.12. The summed E-state index contributed by atoms with van der Waals surface area (Å²) < 4.78 is 39.1. The maximum absolute atomic E-state index is 13.0. The molecular weight excluding hydrogens is 249 g/mol. The lowest BCUT2D eigenvalue weighted by Crippen LogP contribution is -2.53. The maximum atomic E-state index is 13.0. The van der Waals surface area contributed by atoms with E-state index < -0.39 is 12.2 Å². The average Bonchev–Trinajstić information content (AvgIpc) is 2.54. The van der Waals surface area contributed by atoms with E-state index in [2.05, 4.69) is 5.32 Å². The first-order valence-corrected chi connectivity index (χ1v) is 7.28. The van der Waals surface area contributed by atoms with Gasteiger partial charge in [-0.1, -0.05) is 6.42 Å². The van der Waals surface area contributed by atoms with Crippen molar-refractivity contribution in [3.63, 3.8) is 0 Å². The van der Waals surface area contributed by atoms with E-state index in [9.17, 15) is 13.2 Å². The van der Waals surface area contributed by atoms with Crippen molar-refractivity contribution in [2.45, 2.75) is 43.3 Å². The first-order valence-electron chi connectivity index (χ1n) is 6.24. The Morgan fingerprint density at radius 3 is 2.65 bits per heavy atom. The highest BCUT2D eigenvalue weighted by Gasteiger charge is 2.46. The van der Waals surface area contributed by atoms with Crippen molar-refractivity contribution in [2.24, 2.45) is 0 Å². The van der Waals surface area contributed by atoms with Crippen LogP contribution < -0.4 is 5.32 Å². The predicted molar refractivity (Wildman–Crippen MR) is 64.1 cm³/mol. The molecule has 6 heteroatoms. The standard InChI is InChI=1S/C11H19F3N2S/c12-11(13,14)9-8-15-5-3-6-16(9)10-4-1-2-7-17-10/h9-10,15H,1-8H2. The Hall–Kier alpha value is 0.0600. The number of hydrogen-bond donors (Lipinski definition) is 1. The second-order valence-electron chi connectivity index (χ2n) is 4.67. The minimum Gasteiger partial charge on any atom is -0.315 e. The van der Waals surface area contributed by atoms with Gasteiger partial charge in [-0.2, -0.15) is 13.2 Å². The first kappa shape index (κ1) is 13.5. The summed E-state index contributed by atoms with van der Waals surface area (Å²) in [6.07, 6.45) is -0.202. The third-order valence-electron chi connectivity index (χ3n) is 3.41. The number of halogens is 3. The highest BCUT2D eigenvalue weighted by atomic mass is 32.2. The summed E-state index contributed by atoms with van der Waals surface area (Å²) in [5, 5.41) is 2.97. The molecule has 2 nitrogen and oxygen atoms in total. The fourth-order valence-corrected chi connectivity index (χ4v) is 3.95. The Labute approximate surface area is 104 Å². The Kier molecular flexibility index (Phi) is 4.60. The quantitative estimate of drug-likeness (QED) is 0.786. The van der Waals surface area contributed by atoms with E-state index in [1.54, 1.807) is 16.7 Å². The molecule has 0 spiro atoms. The lowest BCUT2D eigenvalue weighted by molar-refractivity contribution is -0.182. The third kappa shape index (κ3) is 3.51. The summed E-state index contributed by atoms with van der Waals surface area (Å²) in [4.78, 5) is 1.68. The smallest absolute Gasteiger partial charge is 0.315 e. The van der Waals surface area contributed by atoms with Gasteiger partial charge in [-0.3, -0.25) is 4.90 Å². The summed E-state index contributed by atoms with van der Waals surface area (Å²) >= 11 is 1.70. The molecule has 2 saturated heterocycles. The van der Waals surface area contributed by atoms with Crippen LogP contribution in [0.5, 0.6) is 0 Å². The lowest BCUT2D eigenvalue weighted by atomic mass is 10.1. The van der Waals surface area contributed by atoms with Crippen LogP contribution in [0, 0.1) is 0 Å². The van der Waals surface area contributed by atoms with Gasteiger partial charge < -0.3 is 5.32 Å². The van der Waals surface area contributed by atoms with Crippen molar-refractivity contribution < 1.29 is 13.2 Å². The van der Waals surface area contributed by atoms with E-state index in [-0.39, 0.29) is 11.9 Å². The van der Waals surface area contributed by atoms with Crippen molar-refractivity contribution >= 4 is 11.8 Å². The van der Waals surface area contributed by atoms with Crippen LogP contribution >= 0.6 is 11.8 Å². The van der Waals surface area contributed by atoms with Crippen LogP contribution in [-0.2, 0) is 0 Å². The predicted octanol–water partition coefficient (Wildman–Crippen LogP) is 2.46. The Morgan fingerprint density at radius 2 is 2.00 bits per heavy atom. The molecule has 0 radical (unpaired) electrons. The fourth-order valence-electron chi connectivity index (χ4n) is 2.53. The largest absolute Gasteiger partial charge is 0.405 e. The summed E-state index contributed by atoms with van der Waals surface area (Å²) in [5.41, 5.74) is 0. The molecule has 0 aromatic heterocycles. The molecule has 0 aromatic rings. The van der Waals surface area contributed by atoms with E-state index in [0.717, 1.165) is 31.4 Å². The Bertz CT molecular complexity index is 241. The first-order chi connectivity index (χ1) is 8.09. The minimum absolute atomic E-state index is 0.0422. The van der Waals surface area contributed by atoms with Crippen LogP contribution in [0.25, 0.3) is 0 Å². The molecule has 2 heterocycles. The van der Waals surface area contributed by atoms with E-state index in [1.807, 2.05) is 0 Å². The molecule has 2 atom stereocenters. The number of hydrogen-bond acceptors (Lipinski definition) is 3. The maximum Gasteiger partial charge on any atom is 0.405 e. The highest BCUT2D eigenvalue weighted by molar-refractivity contribution is 7.99. The molecule has 2 fully saturated rings. The van der Waals surface area contributed by atoms with E-state index in [4.69, 9.17) is 0 Å². The van der Waals surface area contributed by atoms with Crippen molar-refractivity contribution in [3.8, 4) is 0 Å². The zero-order valence-electron chi connectivity index (χ0n) is 9.80. The van der Waals surface area contributed by atoms with Gasteiger partial charge in [-0.05, 0) is 31.6 Å². The van der Waals surface area contributed by atoms with Crippen molar-refractivity contribution in [1.29, 1.82) is 0 Å². The Balaban J connectivity index is 2.07. The van der Waals surface area contributed by atoms with Crippen molar-refractivity contribution in [1.82, 2.24) is 10.2 Å². The zero-order chi connectivity index (χ0) is 12.3. The van der Waals surface area contributed by atoms with Crippen molar-refractivity contribution in [3.05, 3.63) is 0 Å². The number of nitrogens with one attached hydrogen (secondary N) is 1. The molecule has 2 rings (SSSR count). The molecule has 2 aliphatic rings. The van der Waals surface area contributed by atoms with Crippen LogP contribution in [0.15, 0.2) is 0 Å². The monoisotopic (exact) mass is 268 g/mol. The number of thioether (sulfide) groups is 1. The lowest BCUT2D eigenvalue weighted by Gasteiger charge is -2.38. The number of nitrogens with zero attached hydrogens (tertiary/aromatic N) is 1. The second-order valence-corrected chi connectivity index (χ2v) is 5.96.